The lowest BCUT2D eigenvalue weighted by molar-refractivity contribution is 0.102. The number of phenols is 1. The first kappa shape index (κ1) is 11.3. The number of aromatic hydroxyl groups is 1. The minimum absolute atomic E-state index is 0.0305. The molecule has 0 bridgehead atoms. The SMILES string of the molecule is N#Cc1cc(O)cc(I)c1C(=O)CCl. The van der Waals surface area contributed by atoms with Crippen molar-refractivity contribution in [2.75, 3.05) is 5.88 Å². The van der Waals surface area contributed by atoms with Crippen LogP contribution in [0.3, 0.4) is 0 Å². The van der Waals surface area contributed by atoms with E-state index in [-0.39, 0.29) is 28.5 Å². The van der Waals surface area contributed by atoms with Gasteiger partial charge in [-0.2, -0.15) is 5.26 Å². The number of Topliss-reactive ketones (excluding diaryl/α,β-unsaturated/α-hetero) is 1. The van der Waals surface area contributed by atoms with Gasteiger partial charge in [0.1, 0.15) is 11.8 Å². The molecule has 0 saturated heterocycles. The molecule has 0 atom stereocenters. The monoisotopic (exact) mass is 321 g/mol. The number of ketones is 1. The van der Waals surface area contributed by atoms with Crippen LogP contribution in [-0.2, 0) is 0 Å². The summed E-state index contributed by atoms with van der Waals surface area (Å²) in [6, 6.07) is 4.52. The zero-order chi connectivity index (χ0) is 10.7. The van der Waals surface area contributed by atoms with Crippen LogP contribution < -0.4 is 0 Å². The average Bonchev–Trinajstić information content (AvgIpc) is 2.15. The lowest BCUT2D eigenvalue weighted by Crippen LogP contribution is -2.06. The third kappa shape index (κ3) is 2.16. The fraction of sp³-hybridized carbons (Fsp3) is 0.111. The molecule has 5 heteroatoms. The largest absolute Gasteiger partial charge is 0.508 e. The number of benzene rings is 1. The Labute approximate surface area is 99.4 Å². The molecule has 0 radical (unpaired) electrons. The normalized spacial score (nSPS) is 9.50. The second kappa shape index (κ2) is 4.62. The minimum atomic E-state index is -0.312. The number of carbonyl (C=O) groups is 1. The standard InChI is InChI=1S/C9H5ClINO2/c10-3-8(14)9-5(4-12)1-6(13)2-7(9)11/h1-2,13H,3H2. The smallest absolute Gasteiger partial charge is 0.179 e. The minimum Gasteiger partial charge on any atom is -0.508 e. The summed E-state index contributed by atoms with van der Waals surface area (Å²) in [7, 11) is 0. The van der Waals surface area contributed by atoms with E-state index in [4.69, 9.17) is 16.9 Å². The van der Waals surface area contributed by atoms with Crippen molar-refractivity contribution in [3.05, 3.63) is 26.8 Å². The molecule has 1 rings (SSSR count). The summed E-state index contributed by atoms with van der Waals surface area (Å²) >= 11 is 7.29. The van der Waals surface area contributed by atoms with Crippen LogP contribution in [-0.4, -0.2) is 16.8 Å². The Morgan fingerprint density at radius 1 is 1.64 bits per heavy atom. The van der Waals surface area contributed by atoms with Gasteiger partial charge in [0, 0.05) is 3.57 Å². The molecular weight excluding hydrogens is 316 g/mol. The topological polar surface area (TPSA) is 61.1 Å². The molecule has 1 aromatic carbocycles. The molecule has 1 aromatic rings. The first-order chi connectivity index (χ1) is 6.60. The third-order valence-electron chi connectivity index (χ3n) is 1.60. The maximum atomic E-state index is 11.4. The molecule has 14 heavy (non-hydrogen) atoms. The van der Waals surface area contributed by atoms with Crippen LogP contribution in [0.15, 0.2) is 12.1 Å². The molecule has 0 fully saturated rings. The summed E-state index contributed by atoms with van der Waals surface area (Å²) in [5.74, 6) is -0.514. The lowest BCUT2D eigenvalue weighted by Gasteiger charge is -2.04. The van der Waals surface area contributed by atoms with E-state index >= 15 is 0 Å². The van der Waals surface area contributed by atoms with Crippen LogP contribution >= 0.6 is 34.2 Å². The van der Waals surface area contributed by atoms with Crippen LogP contribution in [0.4, 0.5) is 0 Å². The molecule has 0 saturated carbocycles. The molecule has 0 unspecified atom stereocenters. The summed E-state index contributed by atoms with van der Waals surface area (Å²) in [5.41, 5.74) is 0.431. The number of halogens is 2. The number of rotatable bonds is 2. The van der Waals surface area contributed by atoms with Crippen molar-refractivity contribution in [1.29, 1.82) is 5.26 Å². The second-order valence-corrected chi connectivity index (χ2v) is 3.95. The van der Waals surface area contributed by atoms with E-state index in [1.165, 1.54) is 12.1 Å². The highest BCUT2D eigenvalue weighted by Crippen LogP contribution is 2.23. The predicted molar refractivity (Wildman–Crippen MR) is 60.6 cm³/mol. The maximum Gasteiger partial charge on any atom is 0.179 e. The van der Waals surface area contributed by atoms with Crippen molar-refractivity contribution in [1.82, 2.24) is 0 Å². The summed E-state index contributed by atoms with van der Waals surface area (Å²) in [6.07, 6.45) is 0. The van der Waals surface area contributed by atoms with Gasteiger partial charge in [0.15, 0.2) is 5.78 Å². The van der Waals surface area contributed by atoms with Crippen molar-refractivity contribution in [3.63, 3.8) is 0 Å². The van der Waals surface area contributed by atoms with E-state index in [9.17, 15) is 9.90 Å². The summed E-state index contributed by atoms with van der Waals surface area (Å²) in [4.78, 5) is 11.4. The van der Waals surface area contributed by atoms with Crippen LogP contribution in [0, 0.1) is 14.9 Å². The Kier molecular flexibility index (Phi) is 3.72. The van der Waals surface area contributed by atoms with Gasteiger partial charge in [-0.05, 0) is 34.7 Å². The number of carbonyl (C=O) groups excluding carboxylic acids is 1. The lowest BCUT2D eigenvalue weighted by atomic mass is 10.1. The molecule has 3 nitrogen and oxygen atoms in total. The Balaban J connectivity index is 3.42. The van der Waals surface area contributed by atoms with Crippen molar-refractivity contribution < 1.29 is 9.90 Å². The summed E-state index contributed by atoms with van der Waals surface area (Å²) in [5, 5.41) is 18.0. The van der Waals surface area contributed by atoms with Gasteiger partial charge in [0.25, 0.3) is 0 Å². The second-order valence-electron chi connectivity index (χ2n) is 2.52. The molecule has 0 amide bonds. The molecular formula is C9H5ClINO2. The highest BCUT2D eigenvalue weighted by atomic mass is 127. The Hall–Kier alpha value is -0.800. The van der Waals surface area contributed by atoms with Gasteiger partial charge in [-0.3, -0.25) is 4.79 Å². The van der Waals surface area contributed by atoms with E-state index < -0.39 is 0 Å². The van der Waals surface area contributed by atoms with Gasteiger partial charge in [-0.15, -0.1) is 11.6 Å². The first-order valence-electron chi connectivity index (χ1n) is 3.62. The molecule has 0 aliphatic carbocycles. The van der Waals surface area contributed by atoms with Crippen LogP contribution in [0.1, 0.15) is 15.9 Å². The highest BCUT2D eigenvalue weighted by Gasteiger charge is 2.15. The zero-order valence-corrected chi connectivity index (χ0v) is 9.83. The van der Waals surface area contributed by atoms with E-state index in [1.54, 1.807) is 0 Å². The quantitative estimate of drug-likeness (QED) is 0.516. The molecule has 0 aliphatic rings. The molecule has 1 N–H and O–H groups in total. The van der Waals surface area contributed by atoms with Crippen LogP contribution in [0.2, 0.25) is 0 Å². The predicted octanol–water partition coefficient (Wildman–Crippen LogP) is 2.29. The van der Waals surface area contributed by atoms with Gasteiger partial charge in [0.2, 0.25) is 0 Å². The molecule has 0 spiro atoms. The molecule has 0 aromatic heterocycles. The molecule has 72 valence electrons. The first-order valence-corrected chi connectivity index (χ1v) is 5.23. The van der Waals surface area contributed by atoms with Crippen molar-refractivity contribution >= 4 is 40.0 Å². The summed E-state index contributed by atoms with van der Waals surface area (Å²) < 4.78 is 0.532. The van der Waals surface area contributed by atoms with Crippen molar-refractivity contribution in [2.45, 2.75) is 0 Å². The Morgan fingerprint density at radius 3 is 2.79 bits per heavy atom. The number of hydrogen-bond donors (Lipinski definition) is 1. The summed E-state index contributed by atoms with van der Waals surface area (Å²) in [6.45, 7) is 0. The number of alkyl halides is 1. The Bertz CT molecular complexity index is 426. The van der Waals surface area contributed by atoms with Gasteiger partial charge in [-0.25, -0.2) is 0 Å². The van der Waals surface area contributed by atoms with E-state index in [2.05, 4.69) is 0 Å². The molecule has 0 aliphatic heterocycles. The zero-order valence-electron chi connectivity index (χ0n) is 6.92. The molecule has 0 heterocycles. The van der Waals surface area contributed by atoms with Crippen molar-refractivity contribution in [2.24, 2.45) is 0 Å². The maximum absolute atomic E-state index is 11.4. The van der Waals surface area contributed by atoms with Crippen molar-refractivity contribution in [3.8, 4) is 11.8 Å². The average molecular weight is 322 g/mol. The Morgan fingerprint density at radius 2 is 2.29 bits per heavy atom. The van der Waals surface area contributed by atoms with E-state index in [1.807, 2.05) is 28.7 Å². The number of phenolic OH excluding ortho intramolecular Hbond substituents is 1. The fourth-order valence-corrected chi connectivity index (χ4v) is 2.07. The van der Waals surface area contributed by atoms with Gasteiger partial charge in [-0.1, -0.05) is 0 Å². The van der Waals surface area contributed by atoms with Gasteiger partial charge < -0.3 is 5.11 Å². The third-order valence-corrected chi connectivity index (χ3v) is 2.69. The number of nitriles is 1. The number of nitrogens with zero attached hydrogens (tertiary/aromatic N) is 1. The number of hydrogen-bond acceptors (Lipinski definition) is 3. The van der Waals surface area contributed by atoms with Crippen LogP contribution in [0.25, 0.3) is 0 Å². The van der Waals surface area contributed by atoms with E-state index in [0.29, 0.717) is 3.57 Å². The highest BCUT2D eigenvalue weighted by molar-refractivity contribution is 14.1. The fourth-order valence-electron chi connectivity index (χ4n) is 1.03. The van der Waals surface area contributed by atoms with Gasteiger partial charge >= 0.3 is 0 Å². The van der Waals surface area contributed by atoms with Crippen LogP contribution in [0.5, 0.6) is 5.75 Å². The van der Waals surface area contributed by atoms with E-state index in [0.717, 1.165) is 0 Å². The van der Waals surface area contributed by atoms with Gasteiger partial charge in [0.05, 0.1) is 17.0 Å².